The summed E-state index contributed by atoms with van der Waals surface area (Å²) >= 11 is 0. The summed E-state index contributed by atoms with van der Waals surface area (Å²) in [6.07, 6.45) is 4.75. The molecule has 4 heteroatoms. The molecule has 2 aromatic carbocycles. The minimum absolute atomic E-state index is 0. The summed E-state index contributed by atoms with van der Waals surface area (Å²) in [6.45, 7) is 3.22. The highest BCUT2D eigenvalue weighted by molar-refractivity contribution is 6.00. The van der Waals surface area contributed by atoms with E-state index in [4.69, 9.17) is 0 Å². The molecule has 0 bridgehead atoms. The lowest BCUT2D eigenvalue weighted by molar-refractivity contribution is 0.0767. The highest BCUT2D eigenvalue weighted by Gasteiger charge is 2.35. The van der Waals surface area contributed by atoms with Crippen LogP contribution in [-0.2, 0) is 12.8 Å². The van der Waals surface area contributed by atoms with Gasteiger partial charge in [0.2, 0.25) is 0 Å². The van der Waals surface area contributed by atoms with Crippen molar-refractivity contribution < 1.29 is 9.18 Å². The van der Waals surface area contributed by atoms with Gasteiger partial charge in [0.05, 0.1) is 0 Å². The first-order valence-corrected chi connectivity index (χ1v) is 9.80. The Morgan fingerprint density at radius 1 is 0.963 bits per heavy atom. The highest BCUT2D eigenvalue weighted by atomic mass is 35.5. The number of rotatable bonds is 4. The minimum atomic E-state index is -0.218. The largest absolute Gasteiger partial charge is 0.303 e. The Bertz CT molecular complexity index is 771. The second-order valence-electron chi connectivity index (χ2n) is 7.69. The van der Waals surface area contributed by atoms with E-state index in [1.54, 1.807) is 6.07 Å². The van der Waals surface area contributed by atoms with Crippen molar-refractivity contribution in [2.24, 2.45) is 11.8 Å². The van der Waals surface area contributed by atoms with Crippen molar-refractivity contribution in [1.29, 1.82) is 0 Å². The van der Waals surface area contributed by atoms with Gasteiger partial charge in [-0.15, -0.1) is 12.4 Å². The zero-order valence-electron chi connectivity index (χ0n) is 15.6. The van der Waals surface area contributed by atoms with E-state index in [1.165, 1.54) is 11.6 Å². The van der Waals surface area contributed by atoms with Crippen LogP contribution in [-0.4, -0.2) is 30.3 Å². The molecule has 4 rings (SSSR count). The van der Waals surface area contributed by atoms with E-state index in [0.717, 1.165) is 45.3 Å². The normalized spacial score (nSPS) is 20.8. The summed E-state index contributed by atoms with van der Waals surface area (Å²) in [7, 11) is 0. The van der Waals surface area contributed by atoms with Crippen LogP contribution >= 0.6 is 12.4 Å². The van der Waals surface area contributed by atoms with Gasteiger partial charge in [0, 0.05) is 18.0 Å². The van der Waals surface area contributed by atoms with Crippen molar-refractivity contribution in [2.45, 2.75) is 32.1 Å². The first kappa shape index (κ1) is 20.0. The van der Waals surface area contributed by atoms with E-state index in [-0.39, 0.29) is 29.9 Å². The lowest BCUT2D eigenvalue weighted by Crippen LogP contribution is -2.40. The molecule has 1 fully saturated rings. The molecule has 0 spiro atoms. The quantitative estimate of drug-likeness (QED) is 0.740. The summed E-state index contributed by atoms with van der Waals surface area (Å²) in [5.74, 6) is 0.492. The Hall–Kier alpha value is -1.71. The number of hydrogen-bond donors (Lipinski definition) is 0. The zero-order chi connectivity index (χ0) is 17.9. The molecule has 0 N–H and O–H groups in total. The van der Waals surface area contributed by atoms with Gasteiger partial charge in [0.1, 0.15) is 5.82 Å². The first-order valence-electron chi connectivity index (χ1n) is 9.80. The first-order chi connectivity index (χ1) is 12.7. The minimum Gasteiger partial charge on any atom is -0.303 e. The van der Waals surface area contributed by atoms with Crippen molar-refractivity contribution in [3.05, 3.63) is 71.0 Å². The molecule has 1 unspecified atom stereocenters. The fourth-order valence-corrected chi connectivity index (χ4v) is 4.63. The van der Waals surface area contributed by atoms with Crippen LogP contribution < -0.4 is 0 Å². The Morgan fingerprint density at radius 3 is 2.44 bits per heavy atom. The van der Waals surface area contributed by atoms with Crippen LogP contribution in [0.2, 0.25) is 0 Å². The maximum atomic E-state index is 13.9. The topological polar surface area (TPSA) is 20.3 Å². The molecule has 0 saturated carbocycles. The van der Waals surface area contributed by atoms with Crippen molar-refractivity contribution >= 4 is 18.2 Å². The van der Waals surface area contributed by atoms with Crippen LogP contribution in [0.1, 0.15) is 40.7 Å². The van der Waals surface area contributed by atoms with Crippen LogP contribution in [0, 0.1) is 17.7 Å². The van der Waals surface area contributed by atoms with E-state index in [0.29, 0.717) is 23.5 Å². The number of carbonyl (C=O) groups is 1. The molecule has 1 aliphatic heterocycles. The molecule has 144 valence electrons. The van der Waals surface area contributed by atoms with E-state index < -0.39 is 0 Å². The SMILES string of the molecule is Cl.O=C1c2cccc(F)c2CCC1C1CCN(CCc2ccccc2)CC1. The second kappa shape index (κ2) is 8.99. The number of hydrogen-bond acceptors (Lipinski definition) is 2. The van der Waals surface area contributed by atoms with E-state index in [1.807, 2.05) is 6.07 Å². The van der Waals surface area contributed by atoms with Crippen molar-refractivity contribution in [3.63, 3.8) is 0 Å². The molecule has 1 aliphatic carbocycles. The lowest BCUT2D eigenvalue weighted by Gasteiger charge is -2.37. The predicted molar refractivity (Wildman–Crippen MR) is 109 cm³/mol. The Morgan fingerprint density at radius 2 is 1.70 bits per heavy atom. The maximum absolute atomic E-state index is 13.9. The molecular formula is C23H27ClFNO. The van der Waals surface area contributed by atoms with Crippen molar-refractivity contribution in [3.8, 4) is 0 Å². The number of nitrogens with zero attached hydrogens (tertiary/aromatic N) is 1. The highest BCUT2D eigenvalue weighted by Crippen LogP contribution is 2.36. The average Bonchev–Trinajstić information content (AvgIpc) is 2.69. The molecule has 1 heterocycles. The number of carbonyl (C=O) groups excluding carboxylic acids is 1. The Kier molecular flexibility index (Phi) is 6.67. The van der Waals surface area contributed by atoms with Crippen molar-refractivity contribution in [2.75, 3.05) is 19.6 Å². The Labute approximate surface area is 167 Å². The van der Waals surface area contributed by atoms with Gasteiger partial charge in [0.15, 0.2) is 5.78 Å². The lowest BCUT2D eigenvalue weighted by atomic mass is 9.73. The number of fused-ring (bicyclic) bond motifs is 1. The van der Waals surface area contributed by atoms with E-state index in [2.05, 4.69) is 35.2 Å². The summed E-state index contributed by atoms with van der Waals surface area (Å²) < 4.78 is 13.9. The zero-order valence-corrected chi connectivity index (χ0v) is 16.4. The van der Waals surface area contributed by atoms with E-state index >= 15 is 0 Å². The third-order valence-corrected chi connectivity index (χ3v) is 6.19. The molecule has 2 aliphatic rings. The van der Waals surface area contributed by atoms with Gasteiger partial charge >= 0.3 is 0 Å². The summed E-state index contributed by atoms with van der Waals surface area (Å²) in [6, 6.07) is 15.6. The van der Waals surface area contributed by atoms with Crippen LogP contribution in [0.3, 0.4) is 0 Å². The number of benzene rings is 2. The van der Waals surface area contributed by atoms with E-state index in [9.17, 15) is 9.18 Å². The summed E-state index contributed by atoms with van der Waals surface area (Å²) in [5, 5.41) is 0. The third-order valence-electron chi connectivity index (χ3n) is 6.19. The number of ketones is 1. The molecule has 27 heavy (non-hydrogen) atoms. The third kappa shape index (κ3) is 4.41. The molecule has 0 aromatic heterocycles. The molecule has 2 nitrogen and oxygen atoms in total. The fourth-order valence-electron chi connectivity index (χ4n) is 4.63. The molecular weight excluding hydrogens is 361 g/mol. The second-order valence-corrected chi connectivity index (χ2v) is 7.69. The maximum Gasteiger partial charge on any atom is 0.166 e. The summed E-state index contributed by atoms with van der Waals surface area (Å²) in [4.78, 5) is 15.4. The molecule has 0 radical (unpaired) electrons. The predicted octanol–water partition coefficient (Wildman–Crippen LogP) is 4.95. The Balaban J connectivity index is 0.00000210. The van der Waals surface area contributed by atoms with Crippen molar-refractivity contribution in [1.82, 2.24) is 4.90 Å². The number of halogens is 2. The standard InChI is InChI=1S/C23H26FNO.ClH/c24-22-8-4-7-21-20(22)10-9-19(23(21)26)18-12-15-25(16-13-18)14-11-17-5-2-1-3-6-17;/h1-8,18-19H,9-16H2;1H. The van der Waals surface area contributed by atoms with Crippen LogP contribution in [0.15, 0.2) is 48.5 Å². The summed E-state index contributed by atoms with van der Waals surface area (Å²) in [5.41, 5.74) is 2.65. The van der Waals surface area contributed by atoms with Gasteiger partial charge in [-0.3, -0.25) is 4.79 Å². The monoisotopic (exact) mass is 387 g/mol. The number of Topliss-reactive ketones (excluding diaryl/α,β-unsaturated/α-hetero) is 1. The number of likely N-dealkylation sites (tertiary alicyclic amines) is 1. The fraction of sp³-hybridized carbons (Fsp3) is 0.435. The van der Waals surface area contributed by atoms with Gasteiger partial charge in [-0.25, -0.2) is 4.39 Å². The smallest absolute Gasteiger partial charge is 0.166 e. The van der Waals surface area contributed by atoms with Gasteiger partial charge in [-0.05, 0) is 68.3 Å². The number of piperidine rings is 1. The molecule has 0 amide bonds. The molecule has 2 aromatic rings. The van der Waals surface area contributed by atoms with Crippen LogP contribution in [0.25, 0.3) is 0 Å². The van der Waals surface area contributed by atoms with Gasteiger partial charge in [0.25, 0.3) is 0 Å². The van der Waals surface area contributed by atoms with Crippen LogP contribution in [0.4, 0.5) is 4.39 Å². The van der Waals surface area contributed by atoms with Gasteiger partial charge in [-0.1, -0.05) is 42.5 Å². The van der Waals surface area contributed by atoms with Crippen LogP contribution in [0.5, 0.6) is 0 Å². The van der Waals surface area contributed by atoms with Gasteiger partial charge in [-0.2, -0.15) is 0 Å². The van der Waals surface area contributed by atoms with Gasteiger partial charge < -0.3 is 4.90 Å². The average molecular weight is 388 g/mol. The molecule has 1 saturated heterocycles. The molecule has 1 atom stereocenters.